The molecule has 0 atom stereocenters. The summed E-state index contributed by atoms with van der Waals surface area (Å²) in [6.07, 6.45) is 0. The minimum absolute atomic E-state index is 0.146. The van der Waals surface area contributed by atoms with Crippen molar-refractivity contribution in [3.8, 4) is 0 Å². The third-order valence-electron chi connectivity index (χ3n) is 1.82. The molecule has 0 saturated carbocycles. The minimum atomic E-state index is 0.146. The molecule has 0 heterocycles. The zero-order valence-electron chi connectivity index (χ0n) is 7.50. The van der Waals surface area contributed by atoms with Crippen LogP contribution in [0.4, 0.5) is 11.4 Å². The fourth-order valence-corrected chi connectivity index (χ4v) is 1.80. The van der Waals surface area contributed by atoms with Crippen LogP contribution in [-0.2, 0) is 0 Å². The van der Waals surface area contributed by atoms with E-state index >= 15 is 0 Å². The average molecular weight is 245 g/mol. The second-order valence-corrected chi connectivity index (χ2v) is 3.71. The maximum absolute atomic E-state index is 8.76. The first-order chi connectivity index (χ1) is 6.15. The van der Waals surface area contributed by atoms with E-state index in [1.165, 1.54) is 0 Å². The van der Waals surface area contributed by atoms with Crippen molar-refractivity contribution in [2.45, 2.75) is 0 Å². The van der Waals surface area contributed by atoms with Gasteiger partial charge in [0.2, 0.25) is 0 Å². The molecular weight excluding hydrogens is 232 g/mol. The van der Waals surface area contributed by atoms with E-state index in [0.717, 1.165) is 15.8 Å². The van der Waals surface area contributed by atoms with Gasteiger partial charge in [0.1, 0.15) is 0 Å². The molecule has 0 bridgehead atoms. The number of benzene rings is 1. The molecule has 0 aliphatic rings. The number of rotatable bonds is 3. The third-order valence-corrected chi connectivity index (χ3v) is 2.45. The topological polar surface area (TPSA) is 49.5 Å². The van der Waals surface area contributed by atoms with Crippen LogP contribution < -0.4 is 10.6 Å². The predicted octanol–water partition coefficient (Wildman–Crippen LogP) is 1.46. The number of hydrogen-bond acceptors (Lipinski definition) is 3. The average Bonchev–Trinajstić information content (AvgIpc) is 2.04. The lowest BCUT2D eigenvalue weighted by atomic mass is 10.2. The Morgan fingerprint density at radius 2 is 2.23 bits per heavy atom. The highest BCUT2D eigenvalue weighted by atomic mass is 79.9. The van der Waals surface area contributed by atoms with Crippen molar-refractivity contribution in [1.82, 2.24) is 0 Å². The van der Waals surface area contributed by atoms with Crippen LogP contribution in [0.2, 0.25) is 0 Å². The van der Waals surface area contributed by atoms with E-state index in [1.807, 2.05) is 30.1 Å². The van der Waals surface area contributed by atoms with E-state index in [9.17, 15) is 0 Å². The lowest BCUT2D eigenvalue weighted by molar-refractivity contribution is 0.304. The first kappa shape index (κ1) is 10.3. The van der Waals surface area contributed by atoms with Crippen molar-refractivity contribution < 1.29 is 5.11 Å². The molecule has 0 fully saturated rings. The van der Waals surface area contributed by atoms with Crippen LogP contribution in [0.1, 0.15) is 0 Å². The minimum Gasteiger partial charge on any atom is -0.399 e. The van der Waals surface area contributed by atoms with Gasteiger partial charge in [0.15, 0.2) is 0 Å². The third kappa shape index (κ3) is 2.60. The van der Waals surface area contributed by atoms with E-state index in [1.54, 1.807) is 0 Å². The first-order valence-electron chi connectivity index (χ1n) is 4.02. The zero-order valence-corrected chi connectivity index (χ0v) is 9.08. The Morgan fingerprint density at radius 1 is 1.54 bits per heavy atom. The molecule has 4 heteroatoms. The SMILES string of the molecule is CN(CCO)c1ccc(N)cc1Br. The summed E-state index contributed by atoms with van der Waals surface area (Å²) in [4.78, 5) is 1.96. The van der Waals surface area contributed by atoms with Crippen molar-refractivity contribution in [1.29, 1.82) is 0 Å². The van der Waals surface area contributed by atoms with Gasteiger partial charge in [0.25, 0.3) is 0 Å². The number of aliphatic hydroxyl groups is 1. The molecule has 0 aliphatic heterocycles. The number of likely N-dealkylation sites (N-methyl/N-ethyl adjacent to an activating group) is 1. The molecule has 72 valence electrons. The van der Waals surface area contributed by atoms with Crippen LogP contribution in [0.15, 0.2) is 22.7 Å². The molecule has 13 heavy (non-hydrogen) atoms. The highest BCUT2D eigenvalue weighted by Gasteiger charge is 2.04. The van der Waals surface area contributed by atoms with E-state index in [2.05, 4.69) is 15.9 Å². The fraction of sp³-hybridized carbons (Fsp3) is 0.333. The van der Waals surface area contributed by atoms with Gasteiger partial charge in [-0.15, -0.1) is 0 Å². The summed E-state index contributed by atoms with van der Waals surface area (Å²) < 4.78 is 0.948. The summed E-state index contributed by atoms with van der Waals surface area (Å²) in [5.41, 5.74) is 7.36. The van der Waals surface area contributed by atoms with Gasteiger partial charge in [0.05, 0.1) is 12.3 Å². The molecule has 1 aromatic carbocycles. The number of nitrogens with zero attached hydrogens (tertiary/aromatic N) is 1. The Balaban J connectivity index is 2.88. The van der Waals surface area contributed by atoms with Gasteiger partial charge in [-0.3, -0.25) is 0 Å². The summed E-state index contributed by atoms with van der Waals surface area (Å²) in [7, 11) is 1.92. The van der Waals surface area contributed by atoms with Crippen LogP contribution in [0.3, 0.4) is 0 Å². The molecule has 0 spiro atoms. The molecule has 0 saturated heterocycles. The second-order valence-electron chi connectivity index (χ2n) is 2.86. The molecular formula is C9H13BrN2O. The summed E-state index contributed by atoms with van der Waals surface area (Å²) in [6, 6.07) is 5.62. The van der Waals surface area contributed by atoms with Crippen LogP contribution >= 0.6 is 15.9 Å². The van der Waals surface area contributed by atoms with E-state index in [0.29, 0.717) is 6.54 Å². The van der Waals surface area contributed by atoms with Gasteiger partial charge >= 0.3 is 0 Å². The van der Waals surface area contributed by atoms with Crippen molar-refractivity contribution in [2.24, 2.45) is 0 Å². The number of aliphatic hydroxyl groups excluding tert-OH is 1. The maximum Gasteiger partial charge on any atom is 0.0606 e. The lowest BCUT2D eigenvalue weighted by Crippen LogP contribution is -2.21. The normalized spacial score (nSPS) is 10.1. The Labute approximate surface area is 86.3 Å². The predicted molar refractivity (Wildman–Crippen MR) is 58.9 cm³/mol. The molecule has 0 amide bonds. The van der Waals surface area contributed by atoms with Crippen LogP contribution in [0.25, 0.3) is 0 Å². The lowest BCUT2D eigenvalue weighted by Gasteiger charge is -2.19. The van der Waals surface area contributed by atoms with E-state index in [-0.39, 0.29) is 6.61 Å². The first-order valence-corrected chi connectivity index (χ1v) is 4.81. The molecule has 0 aliphatic carbocycles. The second kappa shape index (κ2) is 4.48. The van der Waals surface area contributed by atoms with Crippen LogP contribution in [-0.4, -0.2) is 25.3 Å². The number of nitrogen functional groups attached to an aromatic ring is 1. The molecule has 0 radical (unpaired) electrons. The van der Waals surface area contributed by atoms with Crippen molar-refractivity contribution >= 4 is 27.3 Å². The van der Waals surface area contributed by atoms with Crippen molar-refractivity contribution in [3.63, 3.8) is 0 Å². The molecule has 0 unspecified atom stereocenters. The molecule has 3 N–H and O–H groups in total. The Bertz CT molecular complexity index is 291. The number of halogens is 1. The van der Waals surface area contributed by atoms with Crippen molar-refractivity contribution in [2.75, 3.05) is 30.8 Å². The highest BCUT2D eigenvalue weighted by Crippen LogP contribution is 2.27. The Kier molecular flexibility index (Phi) is 3.57. The summed E-state index contributed by atoms with van der Waals surface area (Å²) in [5.74, 6) is 0. The Morgan fingerprint density at radius 3 is 2.77 bits per heavy atom. The smallest absolute Gasteiger partial charge is 0.0606 e. The summed E-state index contributed by atoms with van der Waals surface area (Å²) in [6.45, 7) is 0.760. The Hall–Kier alpha value is -0.740. The van der Waals surface area contributed by atoms with Crippen LogP contribution in [0.5, 0.6) is 0 Å². The molecule has 3 nitrogen and oxygen atoms in total. The number of hydrogen-bond donors (Lipinski definition) is 2. The van der Waals surface area contributed by atoms with E-state index < -0.39 is 0 Å². The van der Waals surface area contributed by atoms with Gasteiger partial charge < -0.3 is 15.7 Å². The van der Waals surface area contributed by atoms with Gasteiger partial charge in [-0.1, -0.05) is 0 Å². The number of anilines is 2. The molecule has 1 aromatic rings. The van der Waals surface area contributed by atoms with Crippen molar-refractivity contribution in [3.05, 3.63) is 22.7 Å². The zero-order chi connectivity index (χ0) is 9.84. The summed E-state index contributed by atoms with van der Waals surface area (Å²) in [5, 5.41) is 8.76. The van der Waals surface area contributed by atoms with Gasteiger partial charge in [0, 0.05) is 23.8 Å². The van der Waals surface area contributed by atoms with Gasteiger partial charge in [-0.05, 0) is 34.1 Å². The quantitative estimate of drug-likeness (QED) is 0.792. The molecule has 0 aromatic heterocycles. The fourth-order valence-electron chi connectivity index (χ4n) is 1.10. The molecule has 1 rings (SSSR count). The van der Waals surface area contributed by atoms with Gasteiger partial charge in [-0.25, -0.2) is 0 Å². The monoisotopic (exact) mass is 244 g/mol. The largest absolute Gasteiger partial charge is 0.399 e. The van der Waals surface area contributed by atoms with Crippen LogP contribution in [0, 0.1) is 0 Å². The summed E-state index contributed by atoms with van der Waals surface area (Å²) >= 11 is 3.41. The maximum atomic E-state index is 8.76. The standard InChI is InChI=1S/C9H13BrN2O/c1-12(4-5-13)9-3-2-7(11)6-8(9)10/h2-3,6,13H,4-5,11H2,1H3. The highest BCUT2D eigenvalue weighted by molar-refractivity contribution is 9.10. The van der Waals surface area contributed by atoms with Gasteiger partial charge in [-0.2, -0.15) is 0 Å². The number of nitrogens with two attached hydrogens (primary N) is 1. The van der Waals surface area contributed by atoms with E-state index in [4.69, 9.17) is 10.8 Å².